The van der Waals surface area contributed by atoms with E-state index in [1.807, 2.05) is 0 Å². The van der Waals surface area contributed by atoms with E-state index < -0.39 is 17.7 Å². The third-order valence-electron chi connectivity index (χ3n) is 2.25. The Morgan fingerprint density at radius 3 is 2.50 bits per heavy atom. The number of hydrogen-bond acceptors (Lipinski definition) is 2. The molecule has 0 aliphatic carbocycles. The molecule has 1 aromatic carbocycles. The summed E-state index contributed by atoms with van der Waals surface area (Å²) in [4.78, 5) is 0. The van der Waals surface area contributed by atoms with Crippen molar-refractivity contribution in [1.82, 2.24) is 9.78 Å². The van der Waals surface area contributed by atoms with Crippen LogP contribution < -0.4 is 0 Å². The smallest absolute Gasteiger partial charge is 0.132 e. The summed E-state index contributed by atoms with van der Waals surface area (Å²) in [6, 6.07) is 5.16. The Labute approximate surface area is 91.0 Å². The molecule has 1 unspecified atom stereocenters. The first-order chi connectivity index (χ1) is 7.68. The zero-order valence-electron chi connectivity index (χ0n) is 8.35. The molecule has 0 fully saturated rings. The Kier molecular flexibility index (Phi) is 2.96. The number of aromatic nitrogens is 2. The van der Waals surface area contributed by atoms with Crippen LogP contribution in [0.2, 0.25) is 0 Å². The molecule has 0 spiro atoms. The van der Waals surface area contributed by atoms with Gasteiger partial charge in [0.05, 0.1) is 12.1 Å². The van der Waals surface area contributed by atoms with Gasteiger partial charge in [0.15, 0.2) is 0 Å². The highest BCUT2D eigenvalue weighted by molar-refractivity contribution is 5.21. The van der Waals surface area contributed by atoms with Crippen LogP contribution in [0, 0.1) is 11.6 Å². The van der Waals surface area contributed by atoms with Gasteiger partial charge in [-0.2, -0.15) is 5.10 Å². The lowest BCUT2D eigenvalue weighted by molar-refractivity contribution is 0.142. The molecule has 1 heterocycles. The van der Waals surface area contributed by atoms with Crippen molar-refractivity contribution in [3.05, 3.63) is 53.9 Å². The summed E-state index contributed by atoms with van der Waals surface area (Å²) in [5, 5.41) is 13.6. The van der Waals surface area contributed by atoms with Crippen LogP contribution in [0.4, 0.5) is 8.78 Å². The number of aliphatic hydroxyl groups is 1. The van der Waals surface area contributed by atoms with Crippen molar-refractivity contribution in [3.8, 4) is 0 Å². The summed E-state index contributed by atoms with van der Waals surface area (Å²) in [7, 11) is 0. The van der Waals surface area contributed by atoms with Crippen molar-refractivity contribution in [3.63, 3.8) is 0 Å². The van der Waals surface area contributed by atoms with Crippen LogP contribution in [-0.4, -0.2) is 14.9 Å². The summed E-state index contributed by atoms with van der Waals surface area (Å²) in [5.74, 6) is -1.50. The van der Waals surface area contributed by atoms with Gasteiger partial charge < -0.3 is 5.11 Å². The highest BCUT2D eigenvalue weighted by atomic mass is 19.1. The fraction of sp³-hybridized carbons (Fsp3) is 0.182. The van der Waals surface area contributed by atoms with E-state index in [4.69, 9.17) is 0 Å². The lowest BCUT2D eigenvalue weighted by Crippen LogP contribution is -2.12. The maximum atomic E-state index is 13.3. The molecule has 0 saturated carbocycles. The second kappa shape index (κ2) is 4.40. The second-order valence-corrected chi connectivity index (χ2v) is 3.38. The molecule has 0 bridgehead atoms. The molecule has 2 aromatic rings. The van der Waals surface area contributed by atoms with Crippen molar-refractivity contribution >= 4 is 0 Å². The first-order valence-corrected chi connectivity index (χ1v) is 4.78. The van der Waals surface area contributed by atoms with Crippen LogP contribution in [0.15, 0.2) is 36.7 Å². The number of hydrogen-bond donors (Lipinski definition) is 1. The topological polar surface area (TPSA) is 38.0 Å². The van der Waals surface area contributed by atoms with E-state index in [0.717, 1.165) is 12.1 Å². The van der Waals surface area contributed by atoms with Crippen LogP contribution >= 0.6 is 0 Å². The second-order valence-electron chi connectivity index (χ2n) is 3.38. The molecule has 1 aromatic heterocycles. The van der Waals surface area contributed by atoms with Crippen molar-refractivity contribution in [2.45, 2.75) is 12.6 Å². The van der Waals surface area contributed by atoms with Gasteiger partial charge in [0, 0.05) is 12.4 Å². The average Bonchev–Trinajstić information content (AvgIpc) is 2.70. The first-order valence-electron chi connectivity index (χ1n) is 4.78. The van der Waals surface area contributed by atoms with E-state index >= 15 is 0 Å². The monoisotopic (exact) mass is 224 g/mol. The maximum Gasteiger partial charge on any atom is 0.132 e. The lowest BCUT2D eigenvalue weighted by Gasteiger charge is -2.12. The Bertz CT molecular complexity index is 451. The zero-order valence-corrected chi connectivity index (χ0v) is 8.35. The molecular formula is C11H10F2N2O. The van der Waals surface area contributed by atoms with Crippen LogP contribution in [0.25, 0.3) is 0 Å². The van der Waals surface area contributed by atoms with Gasteiger partial charge in [-0.15, -0.1) is 0 Å². The molecule has 1 N–H and O–H groups in total. The molecule has 0 aliphatic heterocycles. The van der Waals surface area contributed by atoms with Crippen molar-refractivity contribution in [1.29, 1.82) is 0 Å². The highest BCUT2D eigenvalue weighted by Gasteiger charge is 2.17. The number of rotatable bonds is 3. The maximum absolute atomic E-state index is 13.3. The van der Waals surface area contributed by atoms with Crippen molar-refractivity contribution < 1.29 is 13.9 Å². The Hall–Kier alpha value is -1.75. The molecule has 0 amide bonds. The summed E-state index contributed by atoms with van der Waals surface area (Å²) in [5.41, 5.74) is -0.321. The average molecular weight is 224 g/mol. The Morgan fingerprint density at radius 1 is 1.25 bits per heavy atom. The molecule has 2 rings (SSSR count). The molecule has 3 nitrogen and oxygen atoms in total. The van der Waals surface area contributed by atoms with Crippen LogP contribution in [-0.2, 0) is 6.54 Å². The van der Waals surface area contributed by atoms with E-state index in [-0.39, 0.29) is 12.1 Å². The Balaban J connectivity index is 2.24. The molecule has 16 heavy (non-hydrogen) atoms. The number of benzene rings is 1. The minimum atomic E-state index is -1.25. The Morgan fingerprint density at radius 2 is 1.94 bits per heavy atom. The van der Waals surface area contributed by atoms with Gasteiger partial charge in [-0.3, -0.25) is 4.68 Å². The van der Waals surface area contributed by atoms with Crippen LogP contribution in [0.3, 0.4) is 0 Å². The SMILES string of the molecule is OC(Cn1cccn1)c1c(F)cccc1F. The third kappa shape index (κ3) is 2.09. The molecule has 5 heteroatoms. The van der Waals surface area contributed by atoms with Gasteiger partial charge in [-0.1, -0.05) is 6.07 Å². The van der Waals surface area contributed by atoms with E-state index in [1.165, 1.54) is 16.9 Å². The zero-order chi connectivity index (χ0) is 11.5. The minimum absolute atomic E-state index is 0.0187. The third-order valence-corrected chi connectivity index (χ3v) is 2.25. The van der Waals surface area contributed by atoms with Gasteiger partial charge in [0.25, 0.3) is 0 Å². The summed E-state index contributed by atoms with van der Waals surface area (Å²) < 4.78 is 28.0. The molecule has 0 saturated heterocycles. The summed E-state index contributed by atoms with van der Waals surface area (Å²) in [6.45, 7) is 0.0187. The van der Waals surface area contributed by atoms with Crippen molar-refractivity contribution in [2.75, 3.05) is 0 Å². The van der Waals surface area contributed by atoms with Gasteiger partial charge in [0.1, 0.15) is 17.7 Å². The van der Waals surface area contributed by atoms with Gasteiger partial charge in [0.2, 0.25) is 0 Å². The normalized spacial score (nSPS) is 12.7. The number of nitrogens with zero attached hydrogens (tertiary/aromatic N) is 2. The molecule has 0 radical (unpaired) electrons. The number of halogens is 2. The van der Waals surface area contributed by atoms with Crippen LogP contribution in [0.5, 0.6) is 0 Å². The standard InChI is InChI=1S/C11H10F2N2O/c12-8-3-1-4-9(13)11(8)10(16)7-15-6-2-5-14-15/h1-6,10,16H,7H2. The van der Waals surface area contributed by atoms with E-state index in [2.05, 4.69) is 5.10 Å². The van der Waals surface area contributed by atoms with Gasteiger partial charge >= 0.3 is 0 Å². The van der Waals surface area contributed by atoms with E-state index in [1.54, 1.807) is 12.3 Å². The first kappa shape index (κ1) is 10.8. The van der Waals surface area contributed by atoms with Gasteiger partial charge in [-0.25, -0.2) is 8.78 Å². The highest BCUT2D eigenvalue weighted by Crippen LogP contribution is 2.21. The molecule has 84 valence electrons. The molecular weight excluding hydrogens is 214 g/mol. The minimum Gasteiger partial charge on any atom is -0.386 e. The molecule has 0 aliphatic rings. The largest absolute Gasteiger partial charge is 0.386 e. The quantitative estimate of drug-likeness (QED) is 0.864. The lowest BCUT2D eigenvalue weighted by atomic mass is 10.1. The fourth-order valence-electron chi connectivity index (χ4n) is 1.51. The predicted octanol–water partition coefficient (Wildman–Crippen LogP) is 1.89. The van der Waals surface area contributed by atoms with E-state index in [0.29, 0.717) is 0 Å². The molecule has 1 atom stereocenters. The summed E-state index contributed by atoms with van der Waals surface area (Å²) in [6.07, 6.45) is 1.90. The van der Waals surface area contributed by atoms with Gasteiger partial charge in [-0.05, 0) is 18.2 Å². The summed E-state index contributed by atoms with van der Waals surface area (Å²) >= 11 is 0. The fourth-order valence-corrected chi connectivity index (χ4v) is 1.51. The van der Waals surface area contributed by atoms with Crippen molar-refractivity contribution in [2.24, 2.45) is 0 Å². The predicted molar refractivity (Wildman–Crippen MR) is 53.5 cm³/mol. The van der Waals surface area contributed by atoms with E-state index in [9.17, 15) is 13.9 Å². The number of aliphatic hydroxyl groups excluding tert-OH is 1. The van der Waals surface area contributed by atoms with Crippen LogP contribution in [0.1, 0.15) is 11.7 Å².